The molecule has 1 aliphatic heterocycles. The van der Waals surface area contributed by atoms with Crippen LogP contribution in [0.5, 0.6) is 0 Å². The first kappa shape index (κ1) is 13.3. The lowest BCUT2D eigenvalue weighted by atomic mass is 9.93. The molecule has 2 rings (SSSR count). The van der Waals surface area contributed by atoms with Crippen molar-refractivity contribution in [3.63, 3.8) is 0 Å². The third kappa shape index (κ3) is 2.83. The van der Waals surface area contributed by atoms with Crippen LogP contribution in [0.4, 0.5) is 0 Å². The third-order valence-corrected chi connectivity index (χ3v) is 4.21. The summed E-state index contributed by atoms with van der Waals surface area (Å²) in [6, 6.07) is 0.0649. The maximum atomic E-state index is 12.1. The fourth-order valence-electron chi connectivity index (χ4n) is 2.97. The number of hydrogen-bond acceptors (Lipinski definition) is 3. The molecule has 0 aromatic carbocycles. The number of aliphatic carboxylic acids is 1. The molecule has 0 radical (unpaired) electrons. The van der Waals surface area contributed by atoms with Crippen LogP contribution >= 0.6 is 0 Å². The summed E-state index contributed by atoms with van der Waals surface area (Å²) in [5.41, 5.74) is 0. The van der Waals surface area contributed by atoms with Crippen LogP contribution < -0.4 is 5.32 Å². The highest BCUT2D eigenvalue weighted by atomic mass is 16.5. The highest BCUT2D eigenvalue weighted by molar-refractivity contribution is 5.85. The van der Waals surface area contributed by atoms with E-state index in [2.05, 4.69) is 5.32 Å². The number of carboxylic acid groups (broad SMARTS) is 1. The van der Waals surface area contributed by atoms with Gasteiger partial charge in [-0.05, 0) is 26.2 Å². The minimum atomic E-state index is -0.843. The number of carbonyl (C=O) groups excluding carboxylic acids is 1. The van der Waals surface area contributed by atoms with Gasteiger partial charge in [-0.2, -0.15) is 0 Å². The fourth-order valence-corrected chi connectivity index (χ4v) is 2.97. The number of ether oxygens (including phenoxy) is 1. The summed E-state index contributed by atoms with van der Waals surface area (Å²) in [4.78, 5) is 23.2. The van der Waals surface area contributed by atoms with Gasteiger partial charge in [0.2, 0.25) is 5.91 Å². The van der Waals surface area contributed by atoms with Gasteiger partial charge in [0, 0.05) is 18.6 Å². The maximum Gasteiger partial charge on any atom is 0.307 e. The van der Waals surface area contributed by atoms with Crippen LogP contribution in [0.3, 0.4) is 0 Å². The second kappa shape index (κ2) is 5.69. The van der Waals surface area contributed by atoms with Gasteiger partial charge in [-0.3, -0.25) is 9.59 Å². The van der Waals surface area contributed by atoms with Crippen molar-refractivity contribution in [1.82, 2.24) is 5.32 Å². The van der Waals surface area contributed by atoms with Crippen molar-refractivity contribution in [2.45, 2.75) is 38.6 Å². The maximum absolute atomic E-state index is 12.1. The van der Waals surface area contributed by atoms with E-state index in [1.807, 2.05) is 6.92 Å². The van der Waals surface area contributed by atoms with Crippen molar-refractivity contribution in [3.8, 4) is 0 Å². The van der Waals surface area contributed by atoms with Crippen molar-refractivity contribution < 1.29 is 19.4 Å². The molecular weight excluding hydrogens is 234 g/mol. The molecule has 2 aliphatic rings. The molecule has 102 valence electrons. The summed E-state index contributed by atoms with van der Waals surface area (Å²) in [6.07, 6.45) is 3.11. The average molecular weight is 255 g/mol. The summed E-state index contributed by atoms with van der Waals surface area (Å²) in [6.45, 7) is 3.42. The van der Waals surface area contributed by atoms with Crippen molar-refractivity contribution in [1.29, 1.82) is 0 Å². The largest absolute Gasteiger partial charge is 0.481 e. The normalized spacial score (nSPS) is 33.3. The molecule has 1 heterocycles. The number of amides is 1. The molecule has 4 atom stereocenters. The van der Waals surface area contributed by atoms with Crippen LogP contribution in [0.25, 0.3) is 0 Å². The van der Waals surface area contributed by atoms with Gasteiger partial charge in [-0.25, -0.2) is 0 Å². The molecule has 1 saturated carbocycles. The van der Waals surface area contributed by atoms with E-state index in [1.165, 1.54) is 0 Å². The zero-order valence-electron chi connectivity index (χ0n) is 10.7. The van der Waals surface area contributed by atoms with Gasteiger partial charge in [-0.1, -0.05) is 6.42 Å². The van der Waals surface area contributed by atoms with Gasteiger partial charge in [0.15, 0.2) is 0 Å². The highest BCUT2D eigenvalue weighted by Gasteiger charge is 2.38. The summed E-state index contributed by atoms with van der Waals surface area (Å²) in [7, 11) is 0. The zero-order chi connectivity index (χ0) is 13.1. The van der Waals surface area contributed by atoms with Crippen LogP contribution in [-0.4, -0.2) is 36.2 Å². The van der Waals surface area contributed by atoms with Crippen molar-refractivity contribution in [2.75, 3.05) is 13.2 Å². The summed E-state index contributed by atoms with van der Waals surface area (Å²) < 4.78 is 5.30. The van der Waals surface area contributed by atoms with E-state index in [1.54, 1.807) is 0 Å². The van der Waals surface area contributed by atoms with Crippen molar-refractivity contribution in [3.05, 3.63) is 0 Å². The molecule has 18 heavy (non-hydrogen) atoms. The molecule has 1 saturated heterocycles. The lowest BCUT2D eigenvalue weighted by Gasteiger charge is -2.23. The smallest absolute Gasteiger partial charge is 0.307 e. The highest BCUT2D eigenvalue weighted by Crippen LogP contribution is 2.32. The molecule has 0 aromatic heterocycles. The van der Waals surface area contributed by atoms with Gasteiger partial charge in [0.25, 0.3) is 0 Å². The third-order valence-electron chi connectivity index (χ3n) is 4.21. The lowest BCUT2D eigenvalue weighted by Crippen LogP contribution is -2.43. The minimum absolute atomic E-state index is 0.0649. The SMILES string of the molecule is CC(NC(=O)C1CCCC1C(=O)O)C1CCOC1. The van der Waals surface area contributed by atoms with Gasteiger partial charge < -0.3 is 15.2 Å². The predicted molar refractivity (Wildman–Crippen MR) is 65.0 cm³/mol. The van der Waals surface area contributed by atoms with Gasteiger partial charge >= 0.3 is 5.97 Å². The number of carbonyl (C=O) groups is 2. The molecule has 1 aliphatic carbocycles. The van der Waals surface area contributed by atoms with E-state index in [0.717, 1.165) is 19.4 Å². The van der Waals surface area contributed by atoms with E-state index in [0.29, 0.717) is 25.4 Å². The molecule has 5 heteroatoms. The Bertz CT molecular complexity index is 325. The van der Waals surface area contributed by atoms with E-state index in [4.69, 9.17) is 9.84 Å². The van der Waals surface area contributed by atoms with Gasteiger partial charge in [0.1, 0.15) is 0 Å². The van der Waals surface area contributed by atoms with E-state index >= 15 is 0 Å². The van der Waals surface area contributed by atoms with Crippen LogP contribution in [0.15, 0.2) is 0 Å². The fraction of sp³-hybridized carbons (Fsp3) is 0.846. The monoisotopic (exact) mass is 255 g/mol. The molecule has 0 bridgehead atoms. The Morgan fingerprint density at radius 1 is 1.28 bits per heavy atom. The summed E-state index contributed by atoms with van der Waals surface area (Å²) >= 11 is 0. The van der Waals surface area contributed by atoms with Gasteiger partial charge in [0.05, 0.1) is 18.4 Å². The zero-order valence-corrected chi connectivity index (χ0v) is 10.7. The Labute approximate surface area is 107 Å². The standard InChI is InChI=1S/C13H21NO4/c1-8(9-5-6-18-7-9)14-12(15)10-3-2-4-11(10)13(16)17/h8-11H,2-7H2,1H3,(H,14,15)(H,16,17). The summed E-state index contributed by atoms with van der Waals surface area (Å²) in [5.74, 6) is -1.44. The molecule has 0 aromatic rings. The molecule has 1 amide bonds. The number of hydrogen-bond donors (Lipinski definition) is 2. The minimum Gasteiger partial charge on any atom is -0.481 e. The molecule has 2 fully saturated rings. The topological polar surface area (TPSA) is 75.6 Å². The van der Waals surface area contributed by atoms with E-state index < -0.39 is 11.9 Å². The Morgan fingerprint density at radius 3 is 2.61 bits per heavy atom. The van der Waals surface area contributed by atoms with E-state index in [-0.39, 0.29) is 17.9 Å². The van der Waals surface area contributed by atoms with Crippen molar-refractivity contribution >= 4 is 11.9 Å². The molecular formula is C13H21NO4. The van der Waals surface area contributed by atoms with Gasteiger partial charge in [-0.15, -0.1) is 0 Å². The first-order valence-corrected chi connectivity index (χ1v) is 6.70. The molecule has 0 spiro atoms. The number of rotatable bonds is 4. The first-order valence-electron chi connectivity index (χ1n) is 6.70. The Kier molecular flexibility index (Phi) is 4.22. The predicted octanol–water partition coefficient (Wildman–Crippen LogP) is 1.03. The number of nitrogens with one attached hydrogen (secondary N) is 1. The van der Waals surface area contributed by atoms with Crippen LogP contribution in [0.2, 0.25) is 0 Å². The Balaban J connectivity index is 1.88. The van der Waals surface area contributed by atoms with Crippen molar-refractivity contribution in [2.24, 2.45) is 17.8 Å². The average Bonchev–Trinajstić information content (AvgIpc) is 3.00. The molecule has 2 N–H and O–H groups in total. The van der Waals surface area contributed by atoms with Crippen LogP contribution in [0, 0.1) is 17.8 Å². The quantitative estimate of drug-likeness (QED) is 0.786. The van der Waals surface area contributed by atoms with Crippen LogP contribution in [0.1, 0.15) is 32.6 Å². The Morgan fingerprint density at radius 2 is 2.00 bits per heavy atom. The Hall–Kier alpha value is -1.10. The summed E-state index contributed by atoms with van der Waals surface area (Å²) in [5, 5.41) is 12.0. The molecule has 5 nitrogen and oxygen atoms in total. The van der Waals surface area contributed by atoms with E-state index in [9.17, 15) is 9.59 Å². The van der Waals surface area contributed by atoms with Crippen LogP contribution in [-0.2, 0) is 14.3 Å². The second-order valence-corrected chi connectivity index (χ2v) is 5.40. The number of carboxylic acids is 1. The second-order valence-electron chi connectivity index (χ2n) is 5.40. The molecule has 4 unspecified atom stereocenters. The lowest BCUT2D eigenvalue weighted by molar-refractivity contribution is -0.146. The first-order chi connectivity index (χ1) is 8.59.